The van der Waals surface area contributed by atoms with Crippen LogP contribution in [0.3, 0.4) is 0 Å². The lowest BCUT2D eigenvalue weighted by atomic mass is 10.0. The van der Waals surface area contributed by atoms with E-state index in [1.54, 1.807) is 4.90 Å². The number of hydrogen-bond acceptors (Lipinski definition) is 9. The number of carbonyl (C=O) groups is 1. The Bertz CT molecular complexity index is 1650. The Morgan fingerprint density at radius 3 is 2.62 bits per heavy atom. The Morgan fingerprint density at radius 1 is 1.16 bits per heavy atom. The zero-order chi connectivity index (χ0) is 32.5. The third kappa shape index (κ3) is 7.91. The fourth-order valence-electron chi connectivity index (χ4n) is 5.55. The first kappa shape index (κ1) is 32.6. The van der Waals surface area contributed by atoms with Gasteiger partial charge in [-0.15, -0.1) is 0 Å². The lowest BCUT2D eigenvalue weighted by Crippen LogP contribution is -2.47. The highest BCUT2D eigenvalue weighted by Gasteiger charge is 2.28. The second kappa shape index (κ2) is 12.9. The van der Waals surface area contributed by atoms with E-state index in [0.29, 0.717) is 32.4 Å². The molecule has 0 saturated carbocycles. The summed E-state index contributed by atoms with van der Waals surface area (Å²) in [4.78, 5) is 24.0. The zero-order valence-electron chi connectivity index (χ0n) is 28.2. The van der Waals surface area contributed by atoms with Crippen LogP contribution in [-0.2, 0) is 16.2 Å². The number of piperidine rings is 1. The minimum atomic E-state index is -1.23. The second-order valence-corrected chi connectivity index (χ2v) is 19.9. The highest BCUT2D eigenvalue weighted by atomic mass is 28.3. The van der Waals surface area contributed by atoms with Crippen LogP contribution in [0.2, 0.25) is 25.7 Å². The second-order valence-electron chi connectivity index (χ2n) is 14.3. The van der Waals surface area contributed by atoms with Crippen molar-refractivity contribution in [3.63, 3.8) is 0 Å². The Hall–Kier alpha value is -3.77. The van der Waals surface area contributed by atoms with E-state index in [1.807, 2.05) is 52.4 Å². The quantitative estimate of drug-likeness (QED) is 0.151. The molecule has 1 atom stereocenters. The van der Waals surface area contributed by atoms with Crippen molar-refractivity contribution in [3.8, 4) is 22.5 Å². The van der Waals surface area contributed by atoms with Gasteiger partial charge in [0.05, 0.1) is 16.9 Å². The number of fused-ring (bicyclic) bond motifs is 1. The van der Waals surface area contributed by atoms with Crippen LogP contribution in [0, 0.1) is 20.8 Å². The molecule has 0 bridgehead atoms. The van der Waals surface area contributed by atoms with Crippen molar-refractivity contribution in [1.29, 1.82) is 0 Å². The summed E-state index contributed by atoms with van der Waals surface area (Å²) in [7, 11) is -1.23. The molecule has 242 valence electrons. The van der Waals surface area contributed by atoms with E-state index in [2.05, 4.69) is 53.3 Å². The number of nitrogens with one attached hydrogen (secondary N) is 1. The molecule has 12 heteroatoms. The molecular formula is C33H47N7O4Si. The molecule has 4 aromatic rings. The van der Waals surface area contributed by atoms with Crippen molar-refractivity contribution in [2.24, 2.45) is 0 Å². The number of aromatic nitrogens is 5. The molecule has 0 unspecified atom stereocenters. The highest BCUT2D eigenvalue weighted by Crippen LogP contribution is 2.34. The average molecular weight is 634 g/mol. The third-order valence-electron chi connectivity index (χ3n) is 7.89. The molecular weight excluding hydrogens is 586 g/mol. The fraction of sp³-hybridized carbons (Fsp3) is 0.545. The molecule has 1 N–H and O–H groups in total. The lowest BCUT2D eigenvalue weighted by Gasteiger charge is -2.34. The van der Waals surface area contributed by atoms with E-state index in [4.69, 9.17) is 24.1 Å². The summed E-state index contributed by atoms with van der Waals surface area (Å²) in [5, 5.41) is 13.7. The lowest BCUT2D eigenvalue weighted by molar-refractivity contribution is 0.0206. The van der Waals surface area contributed by atoms with E-state index >= 15 is 0 Å². The summed E-state index contributed by atoms with van der Waals surface area (Å²) in [6, 6.07) is 7.39. The number of rotatable bonds is 9. The van der Waals surface area contributed by atoms with Crippen molar-refractivity contribution < 1.29 is 18.8 Å². The number of likely N-dealkylation sites (tertiary alicyclic amines) is 1. The maximum absolute atomic E-state index is 12.7. The molecule has 1 amide bonds. The van der Waals surface area contributed by atoms with Gasteiger partial charge >= 0.3 is 6.09 Å². The molecule has 0 aliphatic carbocycles. The number of hydrogen-bond donors (Lipinski definition) is 1. The normalized spacial score (nSPS) is 15.9. The molecule has 1 aliphatic heterocycles. The van der Waals surface area contributed by atoms with Crippen LogP contribution in [0.1, 0.15) is 50.6 Å². The van der Waals surface area contributed by atoms with Crippen molar-refractivity contribution in [2.75, 3.05) is 25.0 Å². The largest absolute Gasteiger partial charge is 0.444 e. The maximum Gasteiger partial charge on any atom is 0.410 e. The van der Waals surface area contributed by atoms with E-state index in [0.717, 1.165) is 69.3 Å². The first-order valence-corrected chi connectivity index (χ1v) is 19.5. The van der Waals surface area contributed by atoms with Crippen LogP contribution in [0.25, 0.3) is 33.4 Å². The fourth-order valence-corrected chi connectivity index (χ4v) is 6.31. The predicted octanol–water partition coefficient (Wildman–Crippen LogP) is 7.20. The van der Waals surface area contributed by atoms with Gasteiger partial charge in [-0.3, -0.25) is 0 Å². The van der Waals surface area contributed by atoms with Gasteiger partial charge in [0.1, 0.15) is 23.8 Å². The van der Waals surface area contributed by atoms with Crippen LogP contribution in [0.15, 0.2) is 28.9 Å². The molecule has 11 nitrogen and oxygen atoms in total. The van der Waals surface area contributed by atoms with Gasteiger partial charge in [-0.05, 0) is 83.7 Å². The molecule has 4 heterocycles. The number of aryl methyl sites for hydroxylation is 3. The van der Waals surface area contributed by atoms with Gasteiger partial charge in [0.25, 0.3) is 0 Å². The van der Waals surface area contributed by atoms with Gasteiger partial charge in [-0.25, -0.2) is 19.4 Å². The standard InChI is InChI=1S/C33H47N7O4Si/c1-21-18-34-31(35-25-11-10-14-39(19-25)32(41)43-33(4,5)6)36-29(21)30-26-13-12-24(28-22(2)38-44-23(28)3)17-27(26)40(37-30)20-42-15-16-45(7,8)9/h12-13,17-18,25H,10-11,14-16,19-20H2,1-9H3,(H,34,35,36)/t25-/m0/s1. The molecule has 1 aliphatic rings. The summed E-state index contributed by atoms with van der Waals surface area (Å²) in [6.07, 6.45) is 3.31. The van der Waals surface area contributed by atoms with E-state index < -0.39 is 13.7 Å². The molecule has 0 spiro atoms. The van der Waals surface area contributed by atoms with Gasteiger partial charge in [0, 0.05) is 51.0 Å². The monoisotopic (exact) mass is 633 g/mol. The molecule has 1 fully saturated rings. The summed E-state index contributed by atoms with van der Waals surface area (Å²) in [5.41, 5.74) is 5.70. The number of anilines is 1. The van der Waals surface area contributed by atoms with Gasteiger partial charge in [0.15, 0.2) is 0 Å². The van der Waals surface area contributed by atoms with Crippen LogP contribution in [0.5, 0.6) is 0 Å². The first-order valence-electron chi connectivity index (χ1n) is 15.8. The maximum atomic E-state index is 12.7. The van der Waals surface area contributed by atoms with Crippen molar-refractivity contribution >= 4 is 31.0 Å². The Morgan fingerprint density at radius 2 is 1.93 bits per heavy atom. The topological polar surface area (TPSA) is 120 Å². The minimum absolute atomic E-state index is 0.00787. The summed E-state index contributed by atoms with van der Waals surface area (Å²) in [6.45, 7) is 20.8. The van der Waals surface area contributed by atoms with E-state index in [-0.39, 0.29) is 12.1 Å². The van der Waals surface area contributed by atoms with Gasteiger partial charge in [-0.2, -0.15) is 5.10 Å². The van der Waals surface area contributed by atoms with Gasteiger partial charge in [-0.1, -0.05) is 30.9 Å². The summed E-state index contributed by atoms with van der Waals surface area (Å²) < 4.78 is 19.2. The smallest absolute Gasteiger partial charge is 0.410 e. The highest BCUT2D eigenvalue weighted by molar-refractivity contribution is 6.76. The average Bonchev–Trinajstić information content (AvgIpc) is 3.49. The number of carbonyl (C=O) groups excluding carboxylic acids is 1. The van der Waals surface area contributed by atoms with Crippen molar-refractivity contribution in [3.05, 3.63) is 41.4 Å². The van der Waals surface area contributed by atoms with Crippen LogP contribution < -0.4 is 5.32 Å². The molecule has 0 radical (unpaired) electrons. The Labute approximate surface area is 266 Å². The van der Waals surface area contributed by atoms with E-state index in [9.17, 15) is 4.79 Å². The summed E-state index contributed by atoms with van der Waals surface area (Å²) in [5.74, 6) is 1.29. The molecule has 5 rings (SSSR count). The number of ether oxygens (including phenoxy) is 2. The van der Waals surface area contributed by atoms with Crippen molar-refractivity contribution in [2.45, 2.75) is 98.4 Å². The number of benzene rings is 1. The van der Waals surface area contributed by atoms with Crippen LogP contribution >= 0.6 is 0 Å². The zero-order valence-corrected chi connectivity index (χ0v) is 29.2. The minimum Gasteiger partial charge on any atom is -0.444 e. The molecule has 3 aromatic heterocycles. The number of nitrogens with zero attached hydrogens (tertiary/aromatic N) is 6. The van der Waals surface area contributed by atoms with E-state index in [1.165, 1.54) is 0 Å². The van der Waals surface area contributed by atoms with Crippen LogP contribution in [0.4, 0.5) is 10.7 Å². The van der Waals surface area contributed by atoms with Gasteiger partial charge in [0.2, 0.25) is 5.95 Å². The molecule has 45 heavy (non-hydrogen) atoms. The number of amides is 1. The van der Waals surface area contributed by atoms with Gasteiger partial charge < -0.3 is 24.2 Å². The summed E-state index contributed by atoms with van der Waals surface area (Å²) >= 11 is 0. The Kier molecular flexibility index (Phi) is 9.36. The van der Waals surface area contributed by atoms with Crippen LogP contribution in [-0.4, -0.2) is 75.3 Å². The molecule has 1 saturated heterocycles. The Balaban J connectivity index is 1.45. The first-order chi connectivity index (χ1) is 21.2. The molecule has 1 aromatic carbocycles. The SMILES string of the molecule is Cc1cnc(N[C@H]2CCCN(C(=O)OC(C)(C)C)C2)nc1-c1nn(COCC[Si](C)(C)C)c2cc(-c3c(C)noc3C)ccc12. The van der Waals surface area contributed by atoms with Crippen molar-refractivity contribution in [1.82, 2.24) is 29.8 Å². The third-order valence-corrected chi connectivity index (χ3v) is 9.59. The predicted molar refractivity (Wildman–Crippen MR) is 179 cm³/mol.